The maximum absolute atomic E-state index is 12.9. The van der Waals surface area contributed by atoms with Crippen molar-refractivity contribution in [2.45, 2.75) is 6.92 Å². The molecule has 1 aliphatic rings. The van der Waals surface area contributed by atoms with Gasteiger partial charge in [-0.25, -0.2) is 0 Å². The number of amides is 2. The molecule has 132 valence electrons. The number of hydrogen-bond acceptors (Lipinski definition) is 2. The molecule has 1 aliphatic heterocycles. The molecule has 26 heavy (non-hydrogen) atoms. The molecule has 5 nitrogen and oxygen atoms in total. The van der Waals surface area contributed by atoms with Crippen LogP contribution < -0.4 is 0 Å². The fourth-order valence-corrected chi connectivity index (χ4v) is 3.49. The summed E-state index contributed by atoms with van der Waals surface area (Å²) in [6.07, 6.45) is 1.78. The zero-order chi connectivity index (χ0) is 18.1. The maximum Gasteiger partial charge on any atom is 0.256 e. The second-order valence-electron chi connectivity index (χ2n) is 6.70. The molecule has 0 atom stereocenters. The summed E-state index contributed by atoms with van der Waals surface area (Å²) in [5, 5.41) is 0.941. The summed E-state index contributed by atoms with van der Waals surface area (Å²) in [5.41, 5.74) is 3.44. The number of fused-ring (bicyclic) bond motifs is 1. The lowest BCUT2D eigenvalue weighted by molar-refractivity contribution is 0.0536. The summed E-state index contributed by atoms with van der Waals surface area (Å²) in [5.74, 6) is 0.0537. The minimum Gasteiger partial charge on any atom is -0.360 e. The molecule has 1 saturated heterocycles. The molecular weight excluding hydrogens is 326 g/mol. The van der Waals surface area contributed by atoms with Gasteiger partial charge < -0.3 is 14.8 Å². The van der Waals surface area contributed by atoms with E-state index in [1.807, 2.05) is 65.3 Å². The Balaban J connectivity index is 1.45. The van der Waals surface area contributed by atoms with Crippen LogP contribution >= 0.6 is 0 Å². The molecule has 1 N–H and O–H groups in total. The van der Waals surface area contributed by atoms with Crippen LogP contribution in [-0.4, -0.2) is 52.8 Å². The van der Waals surface area contributed by atoms with Crippen LogP contribution in [0.15, 0.2) is 54.7 Å². The van der Waals surface area contributed by atoms with Gasteiger partial charge in [0.05, 0.1) is 5.56 Å². The Kier molecular flexibility index (Phi) is 4.21. The molecule has 5 heteroatoms. The number of hydrogen-bond donors (Lipinski definition) is 1. The number of aryl methyl sites for hydroxylation is 1. The molecule has 0 unspecified atom stereocenters. The van der Waals surface area contributed by atoms with Crippen LogP contribution in [0.25, 0.3) is 10.9 Å². The highest BCUT2D eigenvalue weighted by molar-refractivity contribution is 6.06. The highest BCUT2D eigenvalue weighted by Crippen LogP contribution is 2.20. The monoisotopic (exact) mass is 347 g/mol. The molecule has 2 aromatic carbocycles. The lowest BCUT2D eigenvalue weighted by atomic mass is 10.1. The van der Waals surface area contributed by atoms with E-state index >= 15 is 0 Å². The van der Waals surface area contributed by atoms with Gasteiger partial charge in [-0.3, -0.25) is 9.59 Å². The summed E-state index contributed by atoms with van der Waals surface area (Å²) in [6, 6.07) is 15.4. The normalized spacial score (nSPS) is 14.7. The van der Waals surface area contributed by atoms with Gasteiger partial charge in [-0.05, 0) is 25.1 Å². The highest BCUT2D eigenvalue weighted by Gasteiger charge is 2.26. The Bertz CT molecular complexity index is 968. The third-order valence-electron chi connectivity index (χ3n) is 4.94. The third-order valence-corrected chi connectivity index (χ3v) is 4.94. The van der Waals surface area contributed by atoms with Crippen molar-refractivity contribution in [3.8, 4) is 0 Å². The Labute approximate surface area is 152 Å². The lowest BCUT2D eigenvalue weighted by Crippen LogP contribution is -2.50. The van der Waals surface area contributed by atoms with Gasteiger partial charge in [0.15, 0.2) is 0 Å². The minimum atomic E-state index is 0.0186. The van der Waals surface area contributed by atoms with Gasteiger partial charge in [-0.15, -0.1) is 0 Å². The van der Waals surface area contributed by atoms with Gasteiger partial charge in [0.1, 0.15) is 0 Å². The second kappa shape index (κ2) is 6.67. The van der Waals surface area contributed by atoms with Crippen LogP contribution in [0.4, 0.5) is 0 Å². The molecule has 2 heterocycles. The number of aromatic nitrogens is 1. The first-order chi connectivity index (χ1) is 12.6. The van der Waals surface area contributed by atoms with E-state index in [2.05, 4.69) is 4.98 Å². The fraction of sp³-hybridized carbons (Fsp3) is 0.238. The second-order valence-corrected chi connectivity index (χ2v) is 6.70. The SMILES string of the molecule is Cc1cccc(C(=O)N2CCN(C(=O)c3c[nH]c4ccccc34)CC2)c1. The zero-order valence-corrected chi connectivity index (χ0v) is 14.7. The van der Waals surface area contributed by atoms with Gasteiger partial charge >= 0.3 is 0 Å². The van der Waals surface area contributed by atoms with E-state index in [-0.39, 0.29) is 11.8 Å². The number of nitrogens with zero attached hydrogens (tertiary/aromatic N) is 2. The van der Waals surface area contributed by atoms with Crippen molar-refractivity contribution in [3.63, 3.8) is 0 Å². The molecule has 0 radical (unpaired) electrons. The number of aromatic amines is 1. The molecule has 4 rings (SSSR count). The molecule has 0 aliphatic carbocycles. The van der Waals surface area contributed by atoms with Crippen molar-refractivity contribution in [2.24, 2.45) is 0 Å². The number of H-pyrrole nitrogens is 1. The fourth-order valence-electron chi connectivity index (χ4n) is 3.49. The van der Waals surface area contributed by atoms with Gasteiger partial charge in [0.25, 0.3) is 11.8 Å². The van der Waals surface area contributed by atoms with Crippen molar-refractivity contribution < 1.29 is 9.59 Å². The quantitative estimate of drug-likeness (QED) is 0.774. The van der Waals surface area contributed by atoms with E-state index in [0.717, 1.165) is 16.5 Å². The average molecular weight is 347 g/mol. The number of nitrogens with one attached hydrogen (secondary N) is 1. The summed E-state index contributed by atoms with van der Waals surface area (Å²) in [7, 11) is 0. The molecule has 1 aromatic heterocycles. The van der Waals surface area contributed by atoms with Crippen LogP contribution in [-0.2, 0) is 0 Å². The number of rotatable bonds is 2. The number of piperazine rings is 1. The van der Waals surface area contributed by atoms with Crippen molar-refractivity contribution in [2.75, 3.05) is 26.2 Å². The summed E-state index contributed by atoms with van der Waals surface area (Å²) in [6.45, 7) is 4.20. The Morgan fingerprint density at radius 2 is 1.58 bits per heavy atom. The Hall–Kier alpha value is -3.08. The zero-order valence-electron chi connectivity index (χ0n) is 14.7. The number of carbonyl (C=O) groups is 2. The van der Waals surface area contributed by atoms with Gasteiger partial charge in [0.2, 0.25) is 0 Å². The maximum atomic E-state index is 12.9. The predicted molar refractivity (Wildman–Crippen MR) is 101 cm³/mol. The molecule has 0 saturated carbocycles. The van der Waals surface area contributed by atoms with Crippen molar-refractivity contribution >= 4 is 22.7 Å². The van der Waals surface area contributed by atoms with E-state index in [1.165, 1.54) is 0 Å². The van der Waals surface area contributed by atoms with E-state index < -0.39 is 0 Å². The van der Waals surface area contributed by atoms with Crippen LogP contribution in [0.1, 0.15) is 26.3 Å². The third kappa shape index (κ3) is 2.96. The number of carbonyl (C=O) groups excluding carboxylic acids is 2. The molecule has 0 spiro atoms. The summed E-state index contributed by atoms with van der Waals surface area (Å²) in [4.78, 5) is 32.3. The molecule has 1 fully saturated rings. The lowest BCUT2D eigenvalue weighted by Gasteiger charge is -2.34. The van der Waals surface area contributed by atoms with Gasteiger partial charge in [-0.1, -0.05) is 35.9 Å². The minimum absolute atomic E-state index is 0.0186. The molecular formula is C21H21N3O2. The van der Waals surface area contributed by atoms with Crippen molar-refractivity contribution in [1.29, 1.82) is 0 Å². The van der Waals surface area contributed by atoms with Crippen LogP contribution in [0.5, 0.6) is 0 Å². The van der Waals surface area contributed by atoms with Crippen molar-refractivity contribution in [1.82, 2.24) is 14.8 Å². The first-order valence-corrected chi connectivity index (χ1v) is 8.85. The summed E-state index contributed by atoms with van der Waals surface area (Å²) >= 11 is 0. The van der Waals surface area contributed by atoms with Gasteiger partial charge in [0, 0.05) is 48.8 Å². The van der Waals surface area contributed by atoms with E-state index in [1.54, 1.807) is 6.20 Å². The Morgan fingerprint density at radius 3 is 2.31 bits per heavy atom. The summed E-state index contributed by atoms with van der Waals surface area (Å²) < 4.78 is 0. The van der Waals surface area contributed by atoms with Crippen LogP contribution in [0.3, 0.4) is 0 Å². The van der Waals surface area contributed by atoms with Crippen LogP contribution in [0.2, 0.25) is 0 Å². The average Bonchev–Trinajstić information content (AvgIpc) is 3.11. The van der Waals surface area contributed by atoms with E-state index in [4.69, 9.17) is 0 Å². The van der Waals surface area contributed by atoms with E-state index in [0.29, 0.717) is 37.3 Å². The smallest absolute Gasteiger partial charge is 0.256 e. The molecule has 2 amide bonds. The molecule has 0 bridgehead atoms. The van der Waals surface area contributed by atoms with E-state index in [9.17, 15) is 9.59 Å². The first-order valence-electron chi connectivity index (χ1n) is 8.85. The number of para-hydroxylation sites is 1. The molecule has 3 aromatic rings. The first kappa shape index (κ1) is 16.4. The van der Waals surface area contributed by atoms with Crippen molar-refractivity contribution in [3.05, 3.63) is 71.4 Å². The van der Waals surface area contributed by atoms with Gasteiger partial charge in [-0.2, -0.15) is 0 Å². The standard InChI is InChI=1S/C21H21N3O2/c1-15-5-4-6-16(13-15)20(25)23-9-11-24(12-10-23)21(26)18-14-22-19-8-3-2-7-17(18)19/h2-8,13-14,22H,9-12H2,1H3. The largest absolute Gasteiger partial charge is 0.360 e. The topological polar surface area (TPSA) is 56.4 Å². The number of benzene rings is 2. The highest BCUT2D eigenvalue weighted by atomic mass is 16.2. The predicted octanol–water partition coefficient (Wildman–Crippen LogP) is 3.07. The van der Waals surface area contributed by atoms with Crippen LogP contribution in [0, 0.1) is 6.92 Å². The Morgan fingerprint density at radius 1 is 0.885 bits per heavy atom.